The zero-order chi connectivity index (χ0) is 14.3. The summed E-state index contributed by atoms with van der Waals surface area (Å²) in [4.78, 5) is 0. The van der Waals surface area contributed by atoms with Crippen LogP contribution in [0.1, 0.15) is 52.0 Å². The van der Waals surface area contributed by atoms with Crippen LogP contribution in [0.25, 0.3) is 0 Å². The summed E-state index contributed by atoms with van der Waals surface area (Å²) in [6.45, 7) is 6.46. The second-order valence-corrected chi connectivity index (χ2v) is 6.86. The standard InChI is InChI=1S/C16H23F2N/c1-15(2,3)14-6-4-5-7-16(14,19)11-8-12(17)10-13(18)9-11/h8-10,14H,4-7,19H2,1-3H3. The third kappa shape index (κ3) is 2.81. The Morgan fingerprint density at radius 2 is 1.68 bits per heavy atom. The van der Waals surface area contributed by atoms with Crippen molar-refractivity contribution in [1.82, 2.24) is 0 Å². The van der Waals surface area contributed by atoms with Crippen LogP contribution in [0.15, 0.2) is 18.2 Å². The van der Waals surface area contributed by atoms with Crippen molar-refractivity contribution in [3.05, 3.63) is 35.4 Å². The van der Waals surface area contributed by atoms with Gasteiger partial charge in [0.15, 0.2) is 0 Å². The van der Waals surface area contributed by atoms with E-state index in [0.29, 0.717) is 5.56 Å². The molecule has 0 bridgehead atoms. The molecule has 0 aromatic heterocycles. The van der Waals surface area contributed by atoms with E-state index in [1.807, 2.05) is 0 Å². The van der Waals surface area contributed by atoms with Crippen LogP contribution in [0.5, 0.6) is 0 Å². The zero-order valence-corrected chi connectivity index (χ0v) is 12.0. The molecular formula is C16H23F2N. The predicted octanol–water partition coefficient (Wildman–Crippen LogP) is 4.36. The van der Waals surface area contributed by atoms with Crippen molar-refractivity contribution in [2.75, 3.05) is 0 Å². The van der Waals surface area contributed by atoms with Crippen molar-refractivity contribution < 1.29 is 8.78 Å². The number of benzene rings is 1. The maximum Gasteiger partial charge on any atom is 0.126 e. The Morgan fingerprint density at radius 3 is 2.21 bits per heavy atom. The lowest BCUT2D eigenvalue weighted by molar-refractivity contribution is 0.0773. The summed E-state index contributed by atoms with van der Waals surface area (Å²) in [7, 11) is 0. The molecule has 0 aliphatic heterocycles. The second kappa shape index (κ2) is 4.86. The first kappa shape index (κ1) is 14.4. The molecule has 1 fully saturated rings. The smallest absolute Gasteiger partial charge is 0.126 e. The summed E-state index contributed by atoms with van der Waals surface area (Å²) in [5.41, 5.74) is 6.62. The van der Waals surface area contributed by atoms with Gasteiger partial charge in [-0.2, -0.15) is 0 Å². The van der Waals surface area contributed by atoms with Gasteiger partial charge in [-0.25, -0.2) is 8.78 Å². The molecule has 2 atom stereocenters. The molecule has 1 aliphatic carbocycles. The second-order valence-electron chi connectivity index (χ2n) is 6.86. The van der Waals surface area contributed by atoms with Crippen molar-refractivity contribution in [1.29, 1.82) is 0 Å². The molecule has 1 saturated carbocycles. The van der Waals surface area contributed by atoms with Crippen molar-refractivity contribution in [2.45, 2.75) is 52.0 Å². The molecule has 2 N–H and O–H groups in total. The quantitative estimate of drug-likeness (QED) is 0.804. The minimum absolute atomic E-state index is 0.0258. The molecule has 0 amide bonds. The Kier molecular flexibility index (Phi) is 3.69. The van der Waals surface area contributed by atoms with Gasteiger partial charge in [-0.15, -0.1) is 0 Å². The minimum Gasteiger partial charge on any atom is -0.321 e. The Morgan fingerprint density at radius 1 is 1.11 bits per heavy atom. The van der Waals surface area contributed by atoms with E-state index in [4.69, 9.17) is 5.73 Å². The largest absolute Gasteiger partial charge is 0.321 e. The third-order valence-electron chi connectivity index (χ3n) is 4.40. The van der Waals surface area contributed by atoms with Crippen LogP contribution in [-0.4, -0.2) is 0 Å². The van der Waals surface area contributed by atoms with E-state index in [0.717, 1.165) is 31.7 Å². The maximum absolute atomic E-state index is 13.5. The summed E-state index contributed by atoms with van der Waals surface area (Å²) in [5, 5.41) is 0. The average Bonchev–Trinajstić information content (AvgIpc) is 2.26. The Balaban J connectivity index is 2.48. The van der Waals surface area contributed by atoms with Gasteiger partial charge in [-0.1, -0.05) is 33.6 Å². The highest BCUT2D eigenvalue weighted by Gasteiger charge is 2.44. The van der Waals surface area contributed by atoms with Gasteiger partial charge < -0.3 is 5.73 Å². The summed E-state index contributed by atoms with van der Waals surface area (Å²) in [5.74, 6) is -0.855. The van der Waals surface area contributed by atoms with Crippen LogP contribution >= 0.6 is 0 Å². The molecular weight excluding hydrogens is 244 g/mol. The molecule has 2 unspecified atom stereocenters. The minimum atomic E-state index is -0.626. The third-order valence-corrected chi connectivity index (χ3v) is 4.40. The Hall–Kier alpha value is -0.960. The first-order valence-electron chi connectivity index (χ1n) is 6.99. The van der Waals surface area contributed by atoms with E-state index < -0.39 is 17.2 Å². The number of halogens is 2. The number of hydrogen-bond acceptors (Lipinski definition) is 1. The summed E-state index contributed by atoms with van der Waals surface area (Å²) in [6, 6.07) is 3.70. The van der Waals surface area contributed by atoms with Crippen LogP contribution < -0.4 is 5.73 Å². The topological polar surface area (TPSA) is 26.0 Å². The number of nitrogens with two attached hydrogens (primary N) is 1. The predicted molar refractivity (Wildman–Crippen MR) is 73.6 cm³/mol. The number of hydrogen-bond donors (Lipinski definition) is 1. The Bertz CT molecular complexity index is 444. The lowest BCUT2D eigenvalue weighted by Gasteiger charge is -2.48. The molecule has 19 heavy (non-hydrogen) atoms. The highest BCUT2D eigenvalue weighted by molar-refractivity contribution is 5.28. The van der Waals surface area contributed by atoms with Crippen LogP contribution in [0.3, 0.4) is 0 Å². The van der Waals surface area contributed by atoms with E-state index in [2.05, 4.69) is 20.8 Å². The fourth-order valence-electron chi connectivity index (χ4n) is 3.57. The molecule has 1 nitrogen and oxygen atoms in total. The van der Waals surface area contributed by atoms with Gasteiger partial charge in [0, 0.05) is 11.6 Å². The first-order chi connectivity index (χ1) is 8.73. The van der Waals surface area contributed by atoms with Crippen molar-refractivity contribution in [2.24, 2.45) is 17.1 Å². The molecule has 2 rings (SSSR count). The monoisotopic (exact) mass is 267 g/mol. The molecule has 0 spiro atoms. The first-order valence-corrected chi connectivity index (χ1v) is 6.99. The zero-order valence-electron chi connectivity index (χ0n) is 12.0. The lowest BCUT2D eigenvalue weighted by Crippen LogP contribution is -2.51. The molecule has 0 radical (unpaired) electrons. The lowest BCUT2D eigenvalue weighted by atomic mass is 9.60. The fourth-order valence-corrected chi connectivity index (χ4v) is 3.57. The van der Waals surface area contributed by atoms with Gasteiger partial charge in [0.1, 0.15) is 11.6 Å². The summed E-state index contributed by atoms with van der Waals surface area (Å²) < 4.78 is 27.0. The van der Waals surface area contributed by atoms with Crippen LogP contribution in [-0.2, 0) is 5.54 Å². The fraction of sp³-hybridized carbons (Fsp3) is 0.625. The molecule has 1 aromatic rings. The summed E-state index contributed by atoms with van der Waals surface area (Å²) >= 11 is 0. The average molecular weight is 267 g/mol. The maximum atomic E-state index is 13.5. The molecule has 1 aliphatic rings. The molecule has 3 heteroatoms. The van der Waals surface area contributed by atoms with E-state index in [1.165, 1.54) is 12.1 Å². The van der Waals surface area contributed by atoms with E-state index in [9.17, 15) is 8.78 Å². The van der Waals surface area contributed by atoms with Crippen LogP contribution in [0.4, 0.5) is 8.78 Å². The van der Waals surface area contributed by atoms with Crippen LogP contribution in [0, 0.1) is 23.0 Å². The van der Waals surface area contributed by atoms with Crippen molar-refractivity contribution in [3.8, 4) is 0 Å². The van der Waals surface area contributed by atoms with Gasteiger partial charge in [-0.3, -0.25) is 0 Å². The molecule has 1 aromatic carbocycles. The molecule has 0 heterocycles. The van der Waals surface area contributed by atoms with Gasteiger partial charge in [0.05, 0.1) is 0 Å². The highest BCUT2D eigenvalue weighted by Crippen LogP contribution is 2.48. The molecule has 0 saturated heterocycles. The van der Waals surface area contributed by atoms with Gasteiger partial charge in [-0.05, 0) is 41.9 Å². The van der Waals surface area contributed by atoms with Gasteiger partial charge >= 0.3 is 0 Å². The Labute approximate surface area is 114 Å². The van der Waals surface area contributed by atoms with Crippen molar-refractivity contribution >= 4 is 0 Å². The SMILES string of the molecule is CC(C)(C)C1CCCCC1(N)c1cc(F)cc(F)c1. The molecule has 106 valence electrons. The van der Waals surface area contributed by atoms with Gasteiger partial charge in [0.2, 0.25) is 0 Å². The normalized spacial score (nSPS) is 28.4. The number of rotatable bonds is 1. The van der Waals surface area contributed by atoms with E-state index >= 15 is 0 Å². The van der Waals surface area contributed by atoms with Crippen LogP contribution in [0.2, 0.25) is 0 Å². The van der Waals surface area contributed by atoms with E-state index in [1.54, 1.807) is 0 Å². The summed E-state index contributed by atoms with van der Waals surface area (Å²) in [6.07, 6.45) is 3.95. The van der Waals surface area contributed by atoms with E-state index in [-0.39, 0.29) is 11.3 Å². The van der Waals surface area contributed by atoms with Crippen molar-refractivity contribution in [3.63, 3.8) is 0 Å². The van der Waals surface area contributed by atoms with Gasteiger partial charge in [0.25, 0.3) is 0 Å². The highest BCUT2D eigenvalue weighted by atomic mass is 19.1.